The van der Waals surface area contributed by atoms with Gasteiger partial charge in [-0.1, -0.05) is 0 Å². The molecule has 0 amide bonds. The third kappa shape index (κ3) is 2.63. The van der Waals surface area contributed by atoms with Crippen LogP contribution in [0, 0.1) is 0 Å². The van der Waals surface area contributed by atoms with E-state index >= 15 is 0 Å². The first kappa shape index (κ1) is 10.9. The van der Waals surface area contributed by atoms with Gasteiger partial charge in [0.25, 0.3) is 0 Å². The van der Waals surface area contributed by atoms with Gasteiger partial charge in [-0.25, -0.2) is 8.42 Å². The molecule has 5 nitrogen and oxygen atoms in total. The number of sulfonamides is 1. The molecule has 13 heavy (non-hydrogen) atoms. The van der Waals surface area contributed by atoms with Crippen LogP contribution in [-0.2, 0) is 14.8 Å². The quantitative estimate of drug-likeness (QED) is 0.645. The van der Waals surface area contributed by atoms with E-state index in [4.69, 9.17) is 10.5 Å². The van der Waals surface area contributed by atoms with E-state index in [0.717, 1.165) is 0 Å². The SMILES string of the molecule is CCS(=O)(=O)N1CCO[C@@H](CN)C1. The summed E-state index contributed by atoms with van der Waals surface area (Å²) < 4.78 is 29.6. The summed E-state index contributed by atoms with van der Waals surface area (Å²) in [6, 6.07) is 0. The van der Waals surface area contributed by atoms with Gasteiger partial charge >= 0.3 is 0 Å². The van der Waals surface area contributed by atoms with Crippen molar-refractivity contribution >= 4 is 10.0 Å². The highest BCUT2D eigenvalue weighted by molar-refractivity contribution is 7.89. The van der Waals surface area contributed by atoms with Crippen LogP contribution in [0.3, 0.4) is 0 Å². The maximum absolute atomic E-state index is 11.4. The van der Waals surface area contributed by atoms with Crippen LogP contribution >= 0.6 is 0 Å². The Kier molecular flexibility index (Phi) is 3.66. The molecule has 1 fully saturated rings. The van der Waals surface area contributed by atoms with Crippen LogP contribution in [0.2, 0.25) is 0 Å². The second kappa shape index (κ2) is 4.36. The average Bonchev–Trinajstić information content (AvgIpc) is 2.18. The van der Waals surface area contributed by atoms with Gasteiger partial charge in [0, 0.05) is 19.6 Å². The van der Waals surface area contributed by atoms with Gasteiger partial charge in [-0.3, -0.25) is 0 Å². The number of nitrogens with two attached hydrogens (primary N) is 1. The molecule has 0 aromatic carbocycles. The summed E-state index contributed by atoms with van der Waals surface area (Å²) in [6.07, 6.45) is -0.143. The lowest BCUT2D eigenvalue weighted by Gasteiger charge is -2.31. The number of ether oxygens (including phenoxy) is 1. The molecule has 0 aromatic rings. The Morgan fingerprint density at radius 1 is 1.62 bits per heavy atom. The lowest BCUT2D eigenvalue weighted by molar-refractivity contribution is 0.00456. The topological polar surface area (TPSA) is 72.6 Å². The first-order valence-electron chi connectivity index (χ1n) is 4.39. The molecule has 1 aliphatic rings. The van der Waals surface area contributed by atoms with Crippen molar-refractivity contribution in [3.05, 3.63) is 0 Å². The molecule has 1 rings (SSSR count). The molecule has 0 spiro atoms. The van der Waals surface area contributed by atoms with E-state index in [1.807, 2.05) is 0 Å². The molecule has 0 radical (unpaired) electrons. The Balaban J connectivity index is 2.61. The molecule has 0 aromatic heterocycles. The van der Waals surface area contributed by atoms with Crippen molar-refractivity contribution in [1.82, 2.24) is 4.31 Å². The normalized spacial score (nSPS) is 26.2. The summed E-state index contributed by atoms with van der Waals surface area (Å²) in [6.45, 7) is 3.30. The highest BCUT2D eigenvalue weighted by Gasteiger charge is 2.27. The van der Waals surface area contributed by atoms with E-state index in [1.54, 1.807) is 6.92 Å². The first-order chi connectivity index (χ1) is 6.10. The number of hydrogen-bond acceptors (Lipinski definition) is 4. The summed E-state index contributed by atoms with van der Waals surface area (Å²) >= 11 is 0. The molecule has 6 heteroatoms. The minimum absolute atomic E-state index is 0.143. The zero-order valence-electron chi connectivity index (χ0n) is 7.77. The van der Waals surface area contributed by atoms with Gasteiger partial charge in [-0.05, 0) is 6.92 Å². The fraction of sp³-hybridized carbons (Fsp3) is 1.00. The molecule has 1 aliphatic heterocycles. The van der Waals surface area contributed by atoms with Crippen molar-refractivity contribution in [1.29, 1.82) is 0 Å². The van der Waals surface area contributed by atoms with Gasteiger partial charge in [0.15, 0.2) is 0 Å². The van der Waals surface area contributed by atoms with E-state index in [9.17, 15) is 8.42 Å². The zero-order chi connectivity index (χ0) is 9.90. The third-order valence-corrected chi connectivity index (χ3v) is 3.97. The van der Waals surface area contributed by atoms with Gasteiger partial charge in [0.2, 0.25) is 10.0 Å². The summed E-state index contributed by atoms with van der Waals surface area (Å²) in [4.78, 5) is 0. The summed E-state index contributed by atoms with van der Waals surface area (Å²) in [5, 5.41) is 0. The number of nitrogens with zero attached hydrogens (tertiary/aromatic N) is 1. The molecular formula is C7H16N2O3S. The fourth-order valence-electron chi connectivity index (χ4n) is 1.27. The maximum atomic E-state index is 11.4. The van der Waals surface area contributed by atoms with Crippen LogP contribution in [0.15, 0.2) is 0 Å². The standard InChI is InChI=1S/C7H16N2O3S/c1-2-13(10,11)9-3-4-12-7(5-8)6-9/h7H,2-6,8H2,1H3/t7-/m0/s1. The van der Waals surface area contributed by atoms with Crippen LogP contribution in [0.25, 0.3) is 0 Å². The lowest BCUT2D eigenvalue weighted by atomic mass is 10.3. The molecule has 78 valence electrons. The smallest absolute Gasteiger partial charge is 0.213 e. The third-order valence-electron chi connectivity index (χ3n) is 2.12. The monoisotopic (exact) mass is 208 g/mol. The molecule has 0 bridgehead atoms. The predicted octanol–water partition coefficient (Wildman–Crippen LogP) is -1.00. The largest absolute Gasteiger partial charge is 0.374 e. The number of hydrogen-bond donors (Lipinski definition) is 1. The fourth-order valence-corrected chi connectivity index (χ4v) is 2.38. The van der Waals surface area contributed by atoms with Gasteiger partial charge in [0.1, 0.15) is 0 Å². The van der Waals surface area contributed by atoms with Gasteiger partial charge in [-0.15, -0.1) is 0 Å². The second-order valence-corrected chi connectivity index (χ2v) is 5.24. The van der Waals surface area contributed by atoms with Crippen LogP contribution < -0.4 is 5.73 Å². The van der Waals surface area contributed by atoms with Crippen LogP contribution in [-0.4, -0.2) is 50.8 Å². The predicted molar refractivity (Wildman–Crippen MR) is 49.8 cm³/mol. The van der Waals surface area contributed by atoms with Crippen molar-refractivity contribution in [2.24, 2.45) is 5.73 Å². The van der Waals surface area contributed by atoms with Crippen molar-refractivity contribution in [2.45, 2.75) is 13.0 Å². The Hall–Kier alpha value is -0.170. The van der Waals surface area contributed by atoms with E-state index in [0.29, 0.717) is 26.2 Å². The zero-order valence-corrected chi connectivity index (χ0v) is 8.59. The number of morpholine rings is 1. The van der Waals surface area contributed by atoms with E-state index < -0.39 is 10.0 Å². The van der Waals surface area contributed by atoms with Crippen molar-refractivity contribution in [3.8, 4) is 0 Å². The average molecular weight is 208 g/mol. The Bertz CT molecular complexity index is 252. The molecule has 0 saturated carbocycles. The number of rotatable bonds is 3. The minimum Gasteiger partial charge on any atom is -0.374 e. The Labute approximate surface area is 78.9 Å². The summed E-state index contributed by atoms with van der Waals surface area (Å²) in [5.41, 5.74) is 5.40. The van der Waals surface area contributed by atoms with Crippen LogP contribution in [0.5, 0.6) is 0 Å². The lowest BCUT2D eigenvalue weighted by Crippen LogP contribution is -2.48. The molecule has 0 aliphatic carbocycles. The van der Waals surface area contributed by atoms with Crippen LogP contribution in [0.4, 0.5) is 0 Å². The molecule has 0 unspecified atom stereocenters. The molecule has 2 N–H and O–H groups in total. The molecule has 1 saturated heterocycles. The van der Waals surface area contributed by atoms with E-state index in [2.05, 4.69) is 0 Å². The molecule has 1 atom stereocenters. The second-order valence-electron chi connectivity index (χ2n) is 2.99. The van der Waals surface area contributed by atoms with Crippen molar-refractivity contribution < 1.29 is 13.2 Å². The van der Waals surface area contributed by atoms with Gasteiger partial charge in [0.05, 0.1) is 18.5 Å². The molecular weight excluding hydrogens is 192 g/mol. The first-order valence-corrected chi connectivity index (χ1v) is 6.00. The van der Waals surface area contributed by atoms with Crippen molar-refractivity contribution in [2.75, 3.05) is 32.0 Å². The molecule has 1 heterocycles. The minimum atomic E-state index is -3.07. The highest BCUT2D eigenvalue weighted by Crippen LogP contribution is 2.09. The summed E-state index contributed by atoms with van der Waals surface area (Å²) in [7, 11) is -3.07. The van der Waals surface area contributed by atoms with E-state index in [-0.39, 0.29) is 11.9 Å². The van der Waals surface area contributed by atoms with Gasteiger partial charge in [-0.2, -0.15) is 4.31 Å². The Morgan fingerprint density at radius 2 is 2.31 bits per heavy atom. The van der Waals surface area contributed by atoms with Crippen molar-refractivity contribution in [3.63, 3.8) is 0 Å². The van der Waals surface area contributed by atoms with E-state index in [1.165, 1.54) is 4.31 Å². The van der Waals surface area contributed by atoms with Crippen LogP contribution in [0.1, 0.15) is 6.92 Å². The maximum Gasteiger partial charge on any atom is 0.213 e. The van der Waals surface area contributed by atoms with Gasteiger partial charge < -0.3 is 10.5 Å². The highest BCUT2D eigenvalue weighted by atomic mass is 32.2. The Morgan fingerprint density at radius 3 is 2.85 bits per heavy atom. The summed E-state index contributed by atoms with van der Waals surface area (Å²) in [5.74, 6) is 0.143.